The monoisotopic (exact) mass is 243 g/mol. The first-order chi connectivity index (χ1) is 8.50. The summed E-state index contributed by atoms with van der Waals surface area (Å²) in [5.41, 5.74) is 9.13. The molecule has 0 fully saturated rings. The van der Waals surface area contributed by atoms with E-state index in [1.165, 1.54) is 12.0 Å². The first-order valence-electron chi connectivity index (χ1n) is 6.44. The Hall–Kier alpha value is -1.61. The van der Waals surface area contributed by atoms with Crippen molar-refractivity contribution in [3.8, 4) is 11.3 Å². The molecule has 1 aromatic heterocycles. The van der Waals surface area contributed by atoms with Gasteiger partial charge in [-0.2, -0.15) is 0 Å². The quantitative estimate of drug-likeness (QED) is 0.866. The number of nitrogens with one attached hydrogen (secondary N) is 1. The molecule has 3 heteroatoms. The number of aromatic amines is 1. The predicted molar refractivity (Wildman–Crippen MR) is 75.2 cm³/mol. The molecule has 2 aromatic rings. The predicted octanol–water partition coefficient (Wildman–Crippen LogP) is 3.22. The molecule has 0 aliphatic rings. The largest absolute Gasteiger partial charge is 0.340 e. The Kier molecular flexibility index (Phi) is 3.53. The van der Waals surface area contributed by atoms with Crippen molar-refractivity contribution in [2.24, 2.45) is 5.73 Å². The summed E-state index contributed by atoms with van der Waals surface area (Å²) >= 11 is 0. The van der Waals surface area contributed by atoms with Crippen molar-refractivity contribution in [3.63, 3.8) is 0 Å². The van der Waals surface area contributed by atoms with Crippen molar-refractivity contribution in [2.45, 2.75) is 39.2 Å². The summed E-state index contributed by atoms with van der Waals surface area (Å²) < 4.78 is 0. The summed E-state index contributed by atoms with van der Waals surface area (Å²) in [4.78, 5) is 7.63. The Morgan fingerprint density at radius 1 is 1.22 bits per heavy atom. The molecule has 0 amide bonds. The van der Waals surface area contributed by atoms with E-state index in [1.54, 1.807) is 0 Å². The zero-order valence-corrected chi connectivity index (χ0v) is 11.3. The Bertz CT molecular complexity index is 503. The topological polar surface area (TPSA) is 54.7 Å². The molecule has 0 aliphatic heterocycles. The van der Waals surface area contributed by atoms with E-state index in [9.17, 15) is 0 Å². The minimum absolute atomic E-state index is 0.430. The van der Waals surface area contributed by atoms with E-state index in [1.807, 2.05) is 20.0 Å². The van der Waals surface area contributed by atoms with Crippen molar-refractivity contribution in [1.29, 1.82) is 0 Å². The highest BCUT2D eigenvalue weighted by atomic mass is 15.0. The third kappa shape index (κ3) is 2.79. The van der Waals surface area contributed by atoms with Gasteiger partial charge in [-0.05, 0) is 31.4 Å². The zero-order chi connectivity index (χ0) is 13.2. The first kappa shape index (κ1) is 12.8. The number of rotatable bonds is 4. The van der Waals surface area contributed by atoms with Gasteiger partial charge in [-0.25, -0.2) is 4.98 Å². The number of hydrogen-bond acceptors (Lipinski definition) is 2. The smallest absolute Gasteiger partial charge is 0.126 e. The number of nitrogens with zero attached hydrogens (tertiary/aromatic N) is 1. The molecule has 1 heterocycles. The van der Waals surface area contributed by atoms with Gasteiger partial charge in [0.1, 0.15) is 5.82 Å². The highest BCUT2D eigenvalue weighted by Gasteiger charge is 2.18. The number of hydrogen-bond donors (Lipinski definition) is 2. The molecule has 96 valence electrons. The van der Waals surface area contributed by atoms with Gasteiger partial charge in [0, 0.05) is 0 Å². The molecule has 18 heavy (non-hydrogen) atoms. The summed E-state index contributed by atoms with van der Waals surface area (Å²) in [6, 6.07) is 8.61. The van der Waals surface area contributed by atoms with Gasteiger partial charge in [0.05, 0.1) is 17.4 Å². The number of aryl methyl sites for hydroxylation is 1. The molecule has 3 nitrogen and oxygen atoms in total. The lowest BCUT2D eigenvalue weighted by molar-refractivity contribution is 0.520. The lowest BCUT2D eigenvalue weighted by Crippen LogP contribution is -2.30. The van der Waals surface area contributed by atoms with Crippen LogP contribution in [-0.2, 0) is 12.0 Å². The van der Waals surface area contributed by atoms with Crippen LogP contribution >= 0.6 is 0 Å². The second-order valence-corrected chi connectivity index (χ2v) is 5.31. The molecule has 0 saturated carbocycles. The second kappa shape index (κ2) is 4.94. The average Bonchev–Trinajstić information content (AvgIpc) is 2.79. The van der Waals surface area contributed by atoms with Crippen LogP contribution in [-0.4, -0.2) is 9.97 Å². The summed E-state index contributed by atoms with van der Waals surface area (Å²) in [7, 11) is 0. The fraction of sp³-hybridized carbons (Fsp3) is 0.400. The van der Waals surface area contributed by atoms with Crippen LogP contribution in [0.4, 0.5) is 0 Å². The molecule has 3 N–H and O–H groups in total. The van der Waals surface area contributed by atoms with Gasteiger partial charge in [-0.3, -0.25) is 0 Å². The number of aromatic nitrogens is 2. The fourth-order valence-corrected chi connectivity index (χ4v) is 1.94. The lowest BCUT2D eigenvalue weighted by atomic mass is 10.1. The van der Waals surface area contributed by atoms with E-state index >= 15 is 0 Å². The first-order valence-corrected chi connectivity index (χ1v) is 6.44. The average molecular weight is 243 g/mol. The maximum atomic E-state index is 6.02. The Balaban J connectivity index is 2.23. The van der Waals surface area contributed by atoms with Crippen LogP contribution in [0.2, 0.25) is 0 Å². The molecule has 0 spiro atoms. The van der Waals surface area contributed by atoms with Crippen molar-refractivity contribution in [2.75, 3.05) is 0 Å². The SMILES string of the molecule is CCCc1ccc(-c2cnc(C(C)(C)N)[nH]2)cc1. The molecule has 2 rings (SSSR count). The van der Waals surface area contributed by atoms with Crippen LogP contribution < -0.4 is 5.73 Å². The van der Waals surface area contributed by atoms with E-state index in [0.717, 1.165) is 23.5 Å². The summed E-state index contributed by atoms with van der Waals surface area (Å²) in [6.07, 6.45) is 4.15. The molecular weight excluding hydrogens is 222 g/mol. The minimum Gasteiger partial charge on any atom is -0.340 e. The molecule has 0 saturated heterocycles. The van der Waals surface area contributed by atoms with Gasteiger partial charge < -0.3 is 10.7 Å². The molecule has 0 bridgehead atoms. The van der Waals surface area contributed by atoms with Crippen LogP contribution in [0, 0.1) is 0 Å². The molecule has 0 atom stereocenters. The van der Waals surface area contributed by atoms with Gasteiger partial charge in [0.15, 0.2) is 0 Å². The minimum atomic E-state index is -0.430. The number of imidazole rings is 1. The van der Waals surface area contributed by atoms with Gasteiger partial charge >= 0.3 is 0 Å². The van der Waals surface area contributed by atoms with E-state index in [0.29, 0.717) is 0 Å². The number of nitrogens with two attached hydrogens (primary N) is 1. The van der Waals surface area contributed by atoms with Crippen molar-refractivity contribution >= 4 is 0 Å². The van der Waals surface area contributed by atoms with Crippen LogP contribution in [0.25, 0.3) is 11.3 Å². The van der Waals surface area contributed by atoms with E-state index < -0.39 is 5.54 Å². The number of benzene rings is 1. The molecule has 0 radical (unpaired) electrons. The summed E-state index contributed by atoms with van der Waals surface area (Å²) in [6.45, 7) is 6.08. The Labute approximate surface area is 108 Å². The summed E-state index contributed by atoms with van der Waals surface area (Å²) in [5.74, 6) is 0.815. The zero-order valence-electron chi connectivity index (χ0n) is 11.3. The van der Waals surface area contributed by atoms with Gasteiger partial charge in [-0.1, -0.05) is 37.6 Å². The number of H-pyrrole nitrogens is 1. The van der Waals surface area contributed by atoms with Gasteiger partial charge in [-0.15, -0.1) is 0 Å². The van der Waals surface area contributed by atoms with E-state index in [4.69, 9.17) is 5.73 Å². The highest BCUT2D eigenvalue weighted by molar-refractivity contribution is 5.59. The molecule has 1 aromatic carbocycles. The maximum Gasteiger partial charge on any atom is 0.126 e. The maximum absolute atomic E-state index is 6.02. The van der Waals surface area contributed by atoms with Crippen molar-refractivity contribution in [3.05, 3.63) is 41.9 Å². The standard InChI is InChI=1S/C15H21N3/c1-4-5-11-6-8-12(9-7-11)13-10-17-14(18-13)15(2,3)16/h6-10H,4-5,16H2,1-3H3,(H,17,18). The van der Waals surface area contributed by atoms with Crippen LogP contribution in [0.3, 0.4) is 0 Å². The normalized spacial score (nSPS) is 11.8. The van der Waals surface area contributed by atoms with Crippen molar-refractivity contribution in [1.82, 2.24) is 9.97 Å². The van der Waals surface area contributed by atoms with Crippen LogP contribution in [0.1, 0.15) is 38.6 Å². The van der Waals surface area contributed by atoms with Crippen molar-refractivity contribution < 1.29 is 0 Å². The second-order valence-electron chi connectivity index (χ2n) is 5.31. The van der Waals surface area contributed by atoms with Gasteiger partial charge in [0.25, 0.3) is 0 Å². The fourth-order valence-electron chi connectivity index (χ4n) is 1.94. The van der Waals surface area contributed by atoms with Crippen LogP contribution in [0.15, 0.2) is 30.5 Å². The molecular formula is C15H21N3. The molecule has 0 unspecified atom stereocenters. The highest BCUT2D eigenvalue weighted by Crippen LogP contribution is 2.21. The van der Waals surface area contributed by atoms with Gasteiger partial charge in [0.2, 0.25) is 0 Å². The van der Waals surface area contributed by atoms with Crippen LogP contribution in [0.5, 0.6) is 0 Å². The lowest BCUT2D eigenvalue weighted by Gasteiger charge is -2.14. The third-order valence-electron chi connectivity index (χ3n) is 2.99. The Morgan fingerprint density at radius 3 is 2.39 bits per heavy atom. The Morgan fingerprint density at radius 2 is 1.89 bits per heavy atom. The summed E-state index contributed by atoms with van der Waals surface area (Å²) in [5, 5.41) is 0. The molecule has 0 aliphatic carbocycles. The third-order valence-corrected chi connectivity index (χ3v) is 2.99. The van der Waals surface area contributed by atoms with E-state index in [2.05, 4.69) is 41.2 Å². The van der Waals surface area contributed by atoms with E-state index in [-0.39, 0.29) is 0 Å².